The summed E-state index contributed by atoms with van der Waals surface area (Å²) in [6.45, 7) is 9.24. The molecule has 2 atom stereocenters. The van der Waals surface area contributed by atoms with Crippen molar-refractivity contribution >= 4 is 5.91 Å². The zero-order chi connectivity index (χ0) is 15.4. The monoisotopic (exact) mass is 291 g/mol. The SMILES string of the molecule is Cc1cc(C)c(C)c(O[C@H](C)C(=O)NC[C@@H]2CCCO2)c1. The molecule has 0 radical (unpaired) electrons. The Morgan fingerprint density at radius 1 is 1.43 bits per heavy atom. The highest BCUT2D eigenvalue weighted by Gasteiger charge is 2.20. The topological polar surface area (TPSA) is 47.6 Å². The van der Waals surface area contributed by atoms with Crippen LogP contribution in [0.1, 0.15) is 36.5 Å². The zero-order valence-corrected chi connectivity index (χ0v) is 13.4. The Bertz CT molecular complexity index is 507. The maximum absolute atomic E-state index is 12.1. The molecule has 4 nitrogen and oxygen atoms in total. The van der Waals surface area contributed by atoms with Crippen LogP contribution in [0.15, 0.2) is 12.1 Å². The van der Waals surface area contributed by atoms with Crippen LogP contribution < -0.4 is 10.1 Å². The molecule has 0 unspecified atom stereocenters. The number of aryl methyl sites for hydroxylation is 2. The lowest BCUT2D eigenvalue weighted by Crippen LogP contribution is -2.40. The number of carbonyl (C=O) groups is 1. The van der Waals surface area contributed by atoms with E-state index in [0.29, 0.717) is 6.54 Å². The molecule has 116 valence electrons. The van der Waals surface area contributed by atoms with E-state index in [9.17, 15) is 4.79 Å². The second-order valence-corrected chi connectivity index (χ2v) is 5.85. The molecule has 0 aromatic heterocycles. The van der Waals surface area contributed by atoms with Crippen molar-refractivity contribution in [1.82, 2.24) is 5.32 Å². The molecule has 1 aromatic rings. The predicted molar refractivity (Wildman–Crippen MR) is 82.7 cm³/mol. The molecule has 21 heavy (non-hydrogen) atoms. The standard InChI is InChI=1S/C17H25NO3/c1-11-8-12(2)13(3)16(9-11)21-14(4)17(19)18-10-15-6-5-7-20-15/h8-9,14-15H,5-7,10H2,1-4H3,(H,18,19)/t14-,15+/m1/s1. The van der Waals surface area contributed by atoms with Crippen LogP contribution in [0.25, 0.3) is 0 Å². The number of rotatable bonds is 5. The summed E-state index contributed by atoms with van der Waals surface area (Å²) in [5, 5.41) is 2.90. The van der Waals surface area contributed by atoms with Gasteiger partial charge in [-0.05, 0) is 63.3 Å². The third kappa shape index (κ3) is 4.21. The van der Waals surface area contributed by atoms with E-state index in [2.05, 4.69) is 18.3 Å². The molecule has 0 spiro atoms. The fourth-order valence-electron chi connectivity index (χ4n) is 2.53. The van der Waals surface area contributed by atoms with Crippen molar-refractivity contribution in [3.8, 4) is 5.75 Å². The lowest BCUT2D eigenvalue weighted by molar-refractivity contribution is -0.127. The molecule has 1 heterocycles. The van der Waals surface area contributed by atoms with Gasteiger partial charge in [0, 0.05) is 13.2 Å². The maximum Gasteiger partial charge on any atom is 0.260 e. The van der Waals surface area contributed by atoms with Crippen LogP contribution in [-0.2, 0) is 9.53 Å². The van der Waals surface area contributed by atoms with Gasteiger partial charge in [0.15, 0.2) is 6.10 Å². The number of carbonyl (C=O) groups excluding carboxylic acids is 1. The van der Waals surface area contributed by atoms with Crippen molar-refractivity contribution in [2.24, 2.45) is 0 Å². The summed E-state index contributed by atoms with van der Waals surface area (Å²) >= 11 is 0. The molecular formula is C17H25NO3. The molecule has 0 aliphatic carbocycles. The molecule has 1 saturated heterocycles. The van der Waals surface area contributed by atoms with Gasteiger partial charge in [-0.1, -0.05) is 6.07 Å². The van der Waals surface area contributed by atoms with Gasteiger partial charge in [0.25, 0.3) is 5.91 Å². The summed E-state index contributed by atoms with van der Waals surface area (Å²) in [6, 6.07) is 4.09. The lowest BCUT2D eigenvalue weighted by atomic mass is 10.1. The highest BCUT2D eigenvalue weighted by atomic mass is 16.5. The zero-order valence-electron chi connectivity index (χ0n) is 13.4. The van der Waals surface area contributed by atoms with Crippen molar-refractivity contribution in [2.75, 3.05) is 13.2 Å². The van der Waals surface area contributed by atoms with Crippen LogP contribution in [0, 0.1) is 20.8 Å². The maximum atomic E-state index is 12.1. The summed E-state index contributed by atoms with van der Waals surface area (Å²) in [4.78, 5) is 12.1. The largest absolute Gasteiger partial charge is 0.481 e. The van der Waals surface area contributed by atoms with Gasteiger partial charge in [0.1, 0.15) is 5.75 Å². The van der Waals surface area contributed by atoms with Crippen LogP contribution in [-0.4, -0.2) is 31.3 Å². The van der Waals surface area contributed by atoms with Crippen molar-refractivity contribution in [3.63, 3.8) is 0 Å². The molecule has 1 fully saturated rings. The molecule has 0 saturated carbocycles. The van der Waals surface area contributed by atoms with Crippen molar-refractivity contribution in [2.45, 2.75) is 52.7 Å². The van der Waals surface area contributed by atoms with Crippen LogP contribution >= 0.6 is 0 Å². The minimum Gasteiger partial charge on any atom is -0.481 e. The third-order valence-corrected chi connectivity index (χ3v) is 3.96. The molecular weight excluding hydrogens is 266 g/mol. The van der Waals surface area contributed by atoms with Gasteiger partial charge in [0.2, 0.25) is 0 Å². The first-order valence-corrected chi connectivity index (χ1v) is 7.61. The first kappa shape index (κ1) is 15.8. The summed E-state index contributed by atoms with van der Waals surface area (Å²) in [5.74, 6) is 0.691. The van der Waals surface area contributed by atoms with Crippen LogP contribution in [0.2, 0.25) is 0 Å². The van der Waals surface area contributed by atoms with Gasteiger partial charge >= 0.3 is 0 Å². The number of hydrogen-bond donors (Lipinski definition) is 1. The van der Waals surface area contributed by atoms with E-state index in [-0.39, 0.29) is 12.0 Å². The fourth-order valence-corrected chi connectivity index (χ4v) is 2.53. The summed E-state index contributed by atoms with van der Waals surface area (Å²) < 4.78 is 11.3. The first-order chi connectivity index (χ1) is 9.97. The molecule has 0 bridgehead atoms. The Morgan fingerprint density at radius 2 is 2.19 bits per heavy atom. The van der Waals surface area contributed by atoms with Crippen LogP contribution in [0.4, 0.5) is 0 Å². The number of hydrogen-bond acceptors (Lipinski definition) is 3. The van der Waals surface area contributed by atoms with E-state index >= 15 is 0 Å². The normalized spacial score (nSPS) is 19.3. The second-order valence-electron chi connectivity index (χ2n) is 5.85. The molecule has 4 heteroatoms. The Labute approximate surface area is 126 Å². The van der Waals surface area contributed by atoms with Gasteiger partial charge in [-0.3, -0.25) is 4.79 Å². The molecule has 1 aromatic carbocycles. The molecule has 2 rings (SSSR count). The van der Waals surface area contributed by atoms with E-state index in [1.165, 1.54) is 5.56 Å². The average molecular weight is 291 g/mol. The number of amides is 1. The smallest absolute Gasteiger partial charge is 0.260 e. The van der Waals surface area contributed by atoms with Gasteiger partial charge in [-0.25, -0.2) is 0 Å². The second kappa shape index (κ2) is 6.94. The van der Waals surface area contributed by atoms with Crippen molar-refractivity contribution in [3.05, 3.63) is 28.8 Å². The highest BCUT2D eigenvalue weighted by molar-refractivity contribution is 5.80. The van der Waals surface area contributed by atoms with Crippen molar-refractivity contribution in [1.29, 1.82) is 0 Å². The van der Waals surface area contributed by atoms with Crippen LogP contribution in [0.5, 0.6) is 5.75 Å². The molecule has 1 aliphatic heterocycles. The molecule has 1 amide bonds. The minimum absolute atomic E-state index is 0.0935. The van der Waals surface area contributed by atoms with E-state index in [0.717, 1.165) is 36.3 Å². The summed E-state index contributed by atoms with van der Waals surface area (Å²) in [7, 11) is 0. The summed E-state index contributed by atoms with van der Waals surface area (Å²) in [6.07, 6.45) is 1.75. The van der Waals surface area contributed by atoms with Gasteiger partial charge < -0.3 is 14.8 Å². The minimum atomic E-state index is -0.508. The van der Waals surface area contributed by atoms with E-state index < -0.39 is 6.10 Å². The van der Waals surface area contributed by atoms with Gasteiger partial charge in [-0.2, -0.15) is 0 Å². The van der Waals surface area contributed by atoms with E-state index in [1.807, 2.05) is 19.9 Å². The van der Waals surface area contributed by atoms with E-state index in [4.69, 9.17) is 9.47 Å². The quantitative estimate of drug-likeness (QED) is 0.907. The molecule has 1 N–H and O–H groups in total. The Kier molecular flexibility index (Phi) is 5.23. The van der Waals surface area contributed by atoms with Crippen LogP contribution in [0.3, 0.4) is 0 Å². The lowest BCUT2D eigenvalue weighted by Gasteiger charge is -2.19. The Morgan fingerprint density at radius 3 is 2.86 bits per heavy atom. The number of nitrogens with one attached hydrogen (secondary N) is 1. The summed E-state index contributed by atoms with van der Waals surface area (Å²) in [5.41, 5.74) is 3.40. The first-order valence-electron chi connectivity index (χ1n) is 7.61. The third-order valence-electron chi connectivity index (χ3n) is 3.96. The predicted octanol–water partition coefficient (Wildman–Crippen LogP) is 2.67. The Hall–Kier alpha value is -1.55. The van der Waals surface area contributed by atoms with Gasteiger partial charge in [0.05, 0.1) is 6.10 Å². The number of ether oxygens (including phenoxy) is 2. The average Bonchev–Trinajstić information content (AvgIpc) is 2.94. The van der Waals surface area contributed by atoms with Crippen molar-refractivity contribution < 1.29 is 14.3 Å². The highest BCUT2D eigenvalue weighted by Crippen LogP contribution is 2.24. The Balaban J connectivity index is 1.91. The van der Waals surface area contributed by atoms with Gasteiger partial charge in [-0.15, -0.1) is 0 Å². The molecule has 1 aliphatic rings. The van der Waals surface area contributed by atoms with E-state index in [1.54, 1.807) is 6.92 Å². The number of benzene rings is 1. The fraction of sp³-hybridized carbons (Fsp3) is 0.588.